The van der Waals surface area contributed by atoms with Gasteiger partial charge in [-0.1, -0.05) is 34.5 Å². The minimum atomic E-state index is 0.280. The number of thiazole rings is 1. The van der Waals surface area contributed by atoms with Crippen LogP contribution in [0.4, 0.5) is 5.69 Å². The van der Waals surface area contributed by atoms with E-state index in [1.165, 1.54) is 24.2 Å². The van der Waals surface area contributed by atoms with Crippen LogP contribution < -0.4 is 15.4 Å². The highest BCUT2D eigenvalue weighted by atomic mass is 35.5. The lowest BCUT2D eigenvalue weighted by Crippen LogP contribution is -2.40. The first kappa shape index (κ1) is 16.8. The van der Waals surface area contributed by atoms with Gasteiger partial charge in [0.25, 0.3) is 5.19 Å². The normalized spacial score (nSPS) is 18.0. The summed E-state index contributed by atoms with van der Waals surface area (Å²) in [7, 11) is 0. The third-order valence-electron chi connectivity index (χ3n) is 3.89. The summed E-state index contributed by atoms with van der Waals surface area (Å²) in [6, 6.07) is 4.13. The van der Waals surface area contributed by atoms with Crippen LogP contribution in [0.2, 0.25) is 9.49 Å². The van der Waals surface area contributed by atoms with Gasteiger partial charge in [0.05, 0.1) is 6.17 Å². The van der Waals surface area contributed by atoms with Gasteiger partial charge in [0.2, 0.25) is 0 Å². The Morgan fingerprint density at radius 2 is 2.09 bits per heavy atom. The first-order chi connectivity index (χ1) is 11.0. The average Bonchev–Trinajstić information content (AvgIpc) is 2.83. The van der Waals surface area contributed by atoms with Crippen LogP contribution in [0.25, 0.3) is 0 Å². The van der Waals surface area contributed by atoms with Gasteiger partial charge in [-0.2, -0.15) is 4.98 Å². The first-order valence-electron chi connectivity index (χ1n) is 7.64. The van der Waals surface area contributed by atoms with Gasteiger partial charge < -0.3 is 10.1 Å². The van der Waals surface area contributed by atoms with Crippen LogP contribution in [0.5, 0.6) is 10.9 Å². The molecule has 1 aromatic carbocycles. The van der Waals surface area contributed by atoms with Gasteiger partial charge in [-0.25, -0.2) is 0 Å². The molecule has 2 aromatic rings. The second-order valence-electron chi connectivity index (χ2n) is 5.73. The fraction of sp³-hybridized carbons (Fsp3) is 0.438. The Balaban J connectivity index is 1.76. The van der Waals surface area contributed by atoms with Crippen LogP contribution in [-0.2, 0) is 0 Å². The monoisotopic (exact) mass is 371 g/mol. The molecule has 124 valence electrons. The largest absolute Gasteiger partial charge is 0.431 e. The van der Waals surface area contributed by atoms with Gasteiger partial charge >= 0.3 is 0 Å². The van der Waals surface area contributed by atoms with Crippen molar-refractivity contribution in [1.82, 2.24) is 10.3 Å². The minimum Gasteiger partial charge on any atom is -0.431 e. The maximum Gasteiger partial charge on any atom is 0.281 e. The number of aryl methyl sites for hydroxylation is 2. The van der Waals surface area contributed by atoms with E-state index in [1.54, 1.807) is 0 Å². The predicted octanol–water partition coefficient (Wildman–Crippen LogP) is 5.37. The number of piperidine rings is 1. The van der Waals surface area contributed by atoms with Gasteiger partial charge in [0.1, 0.15) is 10.1 Å². The molecule has 2 N–H and O–H groups in total. The van der Waals surface area contributed by atoms with Gasteiger partial charge in [0, 0.05) is 5.69 Å². The highest BCUT2D eigenvalue weighted by Crippen LogP contribution is 2.37. The number of hydrogen-bond donors (Lipinski definition) is 2. The summed E-state index contributed by atoms with van der Waals surface area (Å²) in [5.41, 5.74) is 3.30. The second-order valence-corrected chi connectivity index (χ2v) is 7.65. The molecule has 1 atom stereocenters. The molecule has 1 aliphatic heterocycles. The van der Waals surface area contributed by atoms with E-state index in [0.717, 1.165) is 35.5 Å². The van der Waals surface area contributed by atoms with Crippen LogP contribution in [0.15, 0.2) is 12.1 Å². The van der Waals surface area contributed by atoms with Crippen molar-refractivity contribution in [2.45, 2.75) is 39.3 Å². The van der Waals surface area contributed by atoms with Gasteiger partial charge in [-0.3, -0.25) is 5.32 Å². The summed E-state index contributed by atoms with van der Waals surface area (Å²) in [5.74, 6) is 0.770. The molecule has 0 aliphatic carbocycles. The number of hydrogen-bond acceptors (Lipinski definition) is 5. The number of benzene rings is 1. The predicted molar refractivity (Wildman–Crippen MR) is 97.4 cm³/mol. The molecular weight excluding hydrogens is 353 g/mol. The van der Waals surface area contributed by atoms with E-state index < -0.39 is 0 Å². The van der Waals surface area contributed by atoms with Crippen LogP contribution >= 0.6 is 34.5 Å². The van der Waals surface area contributed by atoms with Crippen molar-refractivity contribution in [3.63, 3.8) is 0 Å². The van der Waals surface area contributed by atoms with E-state index in [2.05, 4.69) is 28.6 Å². The first-order valence-corrected chi connectivity index (χ1v) is 9.21. The lowest BCUT2D eigenvalue weighted by Gasteiger charge is -2.26. The van der Waals surface area contributed by atoms with E-state index in [1.807, 2.05) is 13.0 Å². The van der Waals surface area contributed by atoms with Gasteiger partial charge in [-0.15, -0.1) is 0 Å². The molecule has 0 spiro atoms. The van der Waals surface area contributed by atoms with E-state index in [0.29, 0.717) is 15.7 Å². The molecule has 0 bridgehead atoms. The maximum atomic E-state index is 5.93. The Morgan fingerprint density at radius 1 is 1.26 bits per heavy atom. The van der Waals surface area contributed by atoms with Crippen molar-refractivity contribution in [1.29, 1.82) is 0 Å². The third-order valence-corrected chi connectivity index (χ3v) is 5.50. The number of nitrogens with zero attached hydrogens (tertiary/aromatic N) is 1. The summed E-state index contributed by atoms with van der Waals surface area (Å²) in [5, 5.41) is 7.81. The van der Waals surface area contributed by atoms with Crippen LogP contribution in [0.3, 0.4) is 0 Å². The molecule has 1 unspecified atom stereocenters. The molecule has 1 saturated heterocycles. The molecule has 4 nitrogen and oxygen atoms in total. The fourth-order valence-corrected chi connectivity index (χ4v) is 3.66. The molecular formula is C16H19Cl2N3OS. The minimum absolute atomic E-state index is 0.280. The zero-order chi connectivity index (χ0) is 16.4. The zero-order valence-corrected chi connectivity index (χ0v) is 15.4. The van der Waals surface area contributed by atoms with E-state index in [-0.39, 0.29) is 5.15 Å². The summed E-state index contributed by atoms with van der Waals surface area (Å²) in [6.45, 7) is 5.16. The number of aromatic nitrogens is 1. The highest BCUT2D eigenvalue weighted by Gasteiger charge is 2.15. The summed E-state index contributed by atoms with van der Waals surface area (Å²) >= 11 is 13.0. The van der Waals surface area contributed by atoms with Crippen LogP contribution in [-0.4, -0.2) is 17.7 Å². The van der Waals surface area contributed by atoms with Crippen molar-refractivity contribution < 1.29 is 4.74 Å². The van der Waals surface area contributed by atoms with Crippen LogP contribution in [0.1, 0.15) is 30.4 Å². The lowest BCUT2D eigenvalue weighted by atomic mass is 10.1. The van der Waals surface area contributed by atoms with Crippen LogP contribution in [0, 0.1) is 13.8 Å². The molecule has 1 fully saturated rings. The summed E-state index contributed by atoms with van der Waals surface area (Å²) in [6.07, 6.45) is 4.00. The number of nitrogens with one attached hydrogen (secondary N) is 2. The molecule has 1 aromatic heterocycles. The molecule has 23 heavy (non-hydrogen) atoms. The van der Waals surface area contributed by atoms with Crippen molar-refractivity contribution >= 4 is 40.2 Å². The number of ether oxygens (including phenoxy) is 1. The Hall–Kier alpha value is -1.01. The molecule has 7 heteroatoms. The SMILES string of the molecule is Cc1cc(Oc2nc(Cl)c(Cl)s2)c(C)cc1NC1CCCCN1. The van der Waals surface area contributed by atoms with Gasteiger partial charge in [-0.05, 0) is 62.9 Å². The third kappa shape index (κ3) is 4.10. The summed E-state index contributed by atoms with van der Waals surface area (Å²) < 4.78 is 6.27. The van der Waals surface area contributed by atoms with E-state index >= 15 is 0 Å². The van der Waals surface area contributed by atoms with Gasteiger partial charge in [0.15, 0.2) is 5.15 Å². The number of rotatable bonds is 4. The lowest BCUT2D eigenvalue weighted by molar-refractivity contribution is 0.433. The standard InChI is InChI=1S/C16H19Cl2N3OS/c1-9-8-12(22-16-21-14(17)15(18)23-16)10(2)7-11(9)20-13-5-3-4-6-19-13/h7-8,13,19-20H,3-6H2,1-2H3. The van der Waals surface area contributed by atoms with Crippen molar-refractivity contribution in [2.75, 3.05) is 11.9 Å². The van der Waals surface area contributed by atoms with Crippen molar-refractivity contribution in [3.8, 4) is 10.9 Å². The molecule has 0 radical (unpaired) electrons. The smallest absolute Gasteiger partial charge is 0.281 e. The van der Waals surface area contributed by atoms with E-state index in [4.69, 9.17) is 27.9 Å². The fourth-order valence-electron chi connectivity index (χ4n) is 2.62. The Morgan fingerprint density at radius 3 is 2.74 bits per heavy atom. The number of anilines is 1. The molecule has 0 saturated carbocycles. The van der Waals surface area contributed by atoms with Crippen molar-refractivity contribution in [3.05, 3.63) is 32.7 Å². The molecule has 3 rings (SSSR count). The molecule has 2 heterocycles. The Bertz CT molecular complexity index is 679. The highest BCUT2D eigenvalue weighted by molar-refractivity contribution is 7.18. The second kappa shape index (κ2) is 7.26. The Kier molecular flexibility index (Phi) is 5.31. The molecule has 1 aliphatic rings. The zero-order valence-electron chi connectivity index (χ0n) is 13.1. The topological polar surface area (TPSA) is 46.2 Å². The average molecular weight is 372 g/mol. The quantitative estimate of drug-likeness (QED) is 0.757. The molecule has 0 amide bonds. The number of halogens is 2. The summed E-state index contributed by atoms with van der Waals surface area (Å²) in [4.78, 5) is 4.10. The van der Waals surface area contributed by atoms with Crippen molar-refractivity contribution in [2.24, 2.45) is 0 Å². The van der Waals surface area contributed by atoms with E-state index in [9.17, 15) is 0 Å². The maximum absolute atomic E-state index is 5.93. The Labute approximate surface area is 150 Å².